The van der Waals surface area contributed by atoms with E-state index in [1.165, 1.54) is 5.56 Å². The fraction of sp³-hybridized carbons (Fsp3) is 0.533. The Morgan fingerprint density at radius 3 is 2.44 bits per heavy atom. The highest BCUT2D eigenvalue weighted by Gasteiger charge is 2.13. The lowest BCUT2D eigenvalue weighted by Gasteiger charge is -2.20. The van der Waals surface area contributed by atoms with Crippen molar-refractivity contribution in [1.29, 1.82) is 0 Å². The molecule has 3 nitrogen and oxygen atoms in total. The van der Waals surface area contributed by atoms with Crippen LogP contribution in [0, 0.1) is 5.92 Å². The summed E-state index contributed by atoms with van der Waals surface area (Å²) in [6.07, 6.45) is 2.19. The largest absolute Gasteiger partial charge is 0.341 e. The zero-order valence-corrected chi connectivity index (χ0v) is 11.6. The maximum absolute atomic E-state index is 12.2. The number of aryl methyl sites for hydroxylation is 1. The maximum Gasteiger partial charge on any atom is 0.253 e. The molecule has 1 unspecified atom stereocenters. The number of rotatable bonds is 6. The molecule has 0 radical (unpaired) electrons. The van der Waals surface area contributed by atoms with Crippen LogP contribution in [0.1, 0.15) is 36.2 Å². The summed E-state index contributed by atoms with van der Waals surface area (Å²) in [5.41, 5.74) is 7.61. The van der Waals surface area contributed by atoms with Crippen LogP contribution in [0.25, 0.3) is 0 Å². The molecule has 1 amide bonds. The first kappa shape index (κ1) is 14.7. The van der Waals surface area contributed by atoms with E-state index in [9.17, 15) is 4.79 Å². The van der Waals surface area contributed by atoms with E-state index in [0.717, 1.165) is 18.4 Å². The standard InChI is InChI=1S/C15H24N2O/c1-4-5-13-6-8-14(9-7-13)15(18)17(3)11-12(2)10-16/h6-9,12H,4-5,10-11,16H2,1-3H3. The Kier molecular flexibility index (Phi) is 5.86. The summed E-state index contributed by atoms with van der Waals surface area (Å²) in [5, 5.41) is 0. The quantitative estimate of drug-likeness (QED) is 0.839. The van der Waals surface area contributed by atoms with Crippen molar-refractivity contribution in [2.45, 2.75) is 26.7 Å². The zero-order chi connectivity index (χ0) is 13.5. The molecular formula is C15H24N2O. The lowest BCUT2D eigenvalue weighted by atomic mass is 10.1. The van der Waals surface area contributed by atoms with E-state index in [2.05, 4.69) is 6.92 Å². The van der Waals surface area contributed by atoms with Crippen molar-refractivity contribution in [3.8, 4) is 0 Å². The summed E-state index contributed by atoms with van der Waals surface area (Å²) in [5.74, 6) is 0.400. The van der Waals surface area contributed by atoms with Crippen molar-refractivity contribution in [2.24, 2.45) is 11.7 Å². The van der Waals surface area contributed by atoms with E-state index in [4.69, 9.17) is 5.73 Å². The highest BCUT2D eigenvalue weighted by atomic mass is 16.2. The SMILES string of the molecule is CCCc1ccc(C(=O)N(C)CC(C)CN)cc1. The topological polar surface area (TPSA) is 46.3 Å². The zero-order valence-electron chi connectivity index (χ0n) is 11.6. The van der Waals surface area contributed by atoms with Crippen molar-refractivity contribution in [2.75, 3.05) is 20.1 Å². The summed E-state index contributed by atoms with van der Waals surface area (Å²) in [6, 6.07) is 7.90. The number of nitrogens with two attached hydrogens (primary N) is 1. The summed E-state index contributed by atoms with van der Waals surface area (Å²) < 4.78 is 0. The van der Waals surface area contributed by atoms with Crippen LogP contribution in [0.2, 0.25) is 0 Å². The Balaban J connectivity index is 2.65. The van der Waals surface area contributed by atoms with Crippen molar-refractivity contribution in [3.63, 3.8) is 0 Å². The third kappa shape index (κ3) is 4.15. The Bertz CT molecular complexity index is 373. The van der Waals surface area contributed by atoms with Gasteiger partial charge >= 0.3 is 0 Å². The van der Waals surface area contributed by atoms with Gasteiger partial charge < -0.3 is 10.6 Å². The second-order valence-corrected chi connectivity index (χ2v) is 4.97. The van der Waals surface area contributed by atoms with Gasteiger partial charge in [0.15, 0.2) is 0 Å². The van der Waals surface area contributed by atoms with E-state index in [0.29, 0.717) is 19.0 Å². The van der Waals surface area contributed by atoms with E-state index >= 15 is 0 Å². The molecular weight excluding hydrogens is 224 g/mol. The third-order valence-corrected chi connectivity index (χ3v) is 3.07. The average molecular weight is 248 g/mol. The molecule has 0 saturated carbocycles. The molecule has 0 saturated heterocycles. The molecule has 0 spiro atoms. The molecule has 0 aliphatic carbocycles. The van der Waals surface area contributed by atoms with E-state index in [-0.39, 0.29) is 5.91 Å². The van der Waals surface area contributed by atoms with Gasteiger partial charge in [-0.25, -0.2) is 0 Å². The van der Waals surface area contributed by atoms with Gasteiger partial charge in [-0.1, -0.05) is 32.4 Å². The van der Waals surface area contributed by atoms with Crippen LogP contribution in [-0.2, 0) is 6.42 Å². The van der Waals surface area contributed by atoms with Crippen molar-refractivity contribution in [1.82, 2.24) is 4.90 Å². The van der Waals surface area contributed by atoms with E-state index in [1.807, 2.05) is 38.2 Å². The van der Waals surface area contributed by atoms with Crippen molar-refractivity contribution >= 4 is 5.91 Å². The van der Waals surface area contributed by atoms with Crippen LogP contribution in [0.4, 0.5) is 0 Å². The molecule has 0 aromatic heterocycles. The number of hydrogen-bond donors (Lipinski definition) is 1. The first-order chi connectivity index (χ1) is 8.58. The van der Waals surface area contributed by atoms with Gasteiger partial charge in [-0.3, -0.25) is 4.79 Å². The smallest absolute Gasteiger partial charge is 0.253 e. The van der Waals surface area contributed by atoms with Gasteiger partial charge in [0.05, 0.1) is 0 Å². The molecule has 18 heavy (non-hydrogen) atoms. The minimum atomic E-state index is 0.0679. The number of nitrogens with zero attached hydrogens (tertiary/aromatic N) is 1. The van der Waals surface area contributed by atoms with Crippen LogP contribution in [0.15, 0.2) is 24.3 Å². The summed E-state index contributed by atoms with van der Waals surface area (Å²) >= 11 is 0. The molecule has 2 N–H and O–H groups in total. The van der Waals surface area contributed by atoms with Crippen molar-refractivity contribution < 1.29 is 4.79 Å². The summed E-state index contributed by atoms with van der Waals surface area (Å²) in [4.78, 5) is 13.9. The van der Waals surface area contributed by atoms with Crippen LogP contribution < -0.4 is 5.73 Å². The molecule has 1 rings (SSSR count). The Hall–Kier alpha value is -1.35. The first-order valence-electron chi connectivity index (χ1n) is 6.63. The second-order valence-electron chi connectivity index (χ2n) is 4.97. The normalized spacial score (nSPS) is 12.2. The van der Waals surface area contributed by atoms with Gasteiger partial charge in [0.2, 0.25) is 0 Å². The average Bonchev–Trinajstić information content (AvgIpc) is 2.39. The molecule has 100 valence electrons. The van der Waals surface area contributed by atoms with Crippen LogP contribution >= 0.6 is 0 Å². The molecule has 0 fully saturated rings. The number of hydrogen-bond acceptors (Lipinski definition) is 2. The monoisotopic (exact) mass is 248 g/mol. The lowest BCUT2D eigenvalue weighted by Crippen LogP contribution is -2.33. The second kappa shape index (κ2) is 7.17. The molecule has 1 atom stereocenters. The fourth-order valence-electron chi connectivity index (χ4n) is 1.95. The highest BCUT2D eigenvalue weighted by molar-refractivity contribution is 5.94. The minimum Gasteiger partial charge on any atom is -0.341 e. The van der Waals surface area contributed by atoms with Gasteiger partial charge in [-0.15, -0.1) is 0 Å². The molecule has 0 aliphatic heterocycles. The number of amides is 1. The van der Waals surface area contributed by atoms with Gasteiger partial charge in [0.25, 0.3) is 5.91 Å². The number of carbonyl (C=O) groups is 1. The third-order valence-electron chi connectivity index (χ3n) is 3.07. The molecule has 0 aliphatic rings. The van der Waals surface area contributed by atoms with Gasteiger partial charge in [0.1, 0.15) is 0 Å². The highest BCUT2D eigenvalue weighted by Crippen LogP contribution is 2.09. The molecule has 0 heterocycles. The Labute approximate surface area is 110 Å². The van der Waals surface area contributed by atoms with Gasteiger partial charge in [-0.05, 0) is 36.6 Å². The number of benzene rings is 1. The van der Waals surface area contributed by atoms with Gasteiger partial charge in [-0.2, -0.15) is 0 Å². The first-order valence-corrected chi connectivity index (χ1v) is 6.63. The fourth-order valence-corrected chi connectivity index (χ4v) is 1.95. The molecule has 1 aromatic carbocycles. The van der Waals surface area contributed by atoms with Crippen molar-refractivity contribution in [3.05, 3.63) is 35.4 Å². The Morgan fingerprint density at radius 1 is 1.33 bits per heavy atom. The van der Waals surface area contributed by atoms with Gasteiger partial charge in [0, 0.05) is 19.2 Å². The predicted molar refractivity (Wildman–Crippen MR) is 75.6 cm³/mol. The number of carbonyl (C=O) groups excluding carboxylic acids is 1. The molecule has 0 bridgehead atoms. The van der Waals surface area contributed by atoms with Crippen LogP contribution in [0.3, 0.4) is 0 Å². The minimum absolute atomic E-state index is 0.0679. The lowest BCUT2D eigenvalue weighted by molar-refractivity contribution is 0.0777. The summed E-state index contributed by atoms with van der Waals surface area (Å²) in [6.45, 7) is 5.51. The summed E-state index contributed by atoms with van der Waals surface area (Å²) in [7, 11) is 1.83. The predicted octanol–water partition coefficient (Wildman–Crippen LogP) is 2.31. The Morgan fingerprint density at radius 2 is 1.94 bits per heavy atom. The maximum atomic E-state index is 12.2. The van der Waals surface area contributed by atoms with E-state index < -0.39 is 0 Å². The molecule has 1 aromatic rings. The molecule has 3 heteroatoms. The van der Waals surface area contributed by atoms with Crippen LogP contribution in [-0.4, -0.2) is 30.9 Å². The van der Waals surface area contributed by atoms with Crippen LogP contribution in [0.5, 0.6) is 0 Å². The van der Waals surface area contributed by atoms with E-state index in [1.54, 1.807) is 4.90 Å².